The molecule has 2 aliphatic heterocycles. The summed E-state index contributed by atoms with van der Waals surface area (Å²) in [6.45, 7) is 7.52. The summed E-state index contributed by atoms with van der Waals surface area (Å²) < 4.78 is 11.8. The van der Waals surface area contributed by atoms with Crippen molar-refractivity contribution in [3.8, 4) is 5.75 Å². The highest BCUT2D eigenvalue weighted by molar-refractivity contribution is 6.35. The summed E-state index contributed by atoms with van der Waals surface area (Å²) in [7, 11) is 0. The van der Waals surface area contributed by atoms with Crippen LogP contribution in [-0.2, 0) is 6.61 Å². The first-order chi connectivity index (χ1) is 19.4. The fourth-order valence-electron chi connectivity index (χ4n) is 6.08. The number of hydrogen-bond acceptors (Lipinski definition) is 6. The van der Waals surface area contributed by atoms with Crippen LogP contribution >= 0.6 is 11.6 Å². The van der Waals surface area contributed by atoms with Crippen LogP contribution in [0.4, 0.5) is 0 Å². The van der Waals surface area contributed by atoms with Gasteiger partial charge < -0.3 is 29.5 Å². The van der Waals surface area contributed by atoms with Crippen LogP contribution in [0, 0.1) is 0 Å². The van der Waals surface area contributed by atoms with E-state index in [1.165, 1.54) is 0 Å². The lowest BCUT2D eigenvalue weighted by atomic mass is 10.0. The molecule has 1 amide bonds. The van der Waals surface area contributed by atoms with Gasteiger partial charge in [0.05, 0.1) is 17.4 Å². The van der Waals surface area contributed by atoms with Crippen LogP contribution in [-0.4, -0.2) is 76.7 Å². The van der Waals surface area contributed by atoms with Crippen molar-refractivity contribution < 1.29 is 19.1 Å². The zero-order valence-corrected chi connectivity index (χ0v) is 23.6. The van der Waals surface area contributed by atoms with Gasteiger partial charge in [0.25, 0.3) is 5.91 Å². The van der Waals surface area contributed by atoms with Gasteiger partial charge in [0.15, 0.2) is 0 Å². The second-order valence-corrected chi connectivity index (χ2v) is 11.6. The topological polar surface area (TPSA) is 94.0 Å². The normalized spacial score (nSPS) is 18.9. The highest BCUT2D eigenvalue weighted by Gasteiger charge is 2.26. The molecule has 4 heterocycles. The molecule has 0 saturated carbocycles. The Morgan fingerprint density at radius 1 is 1.15 bits per heavy atom. The van der Waals surface area contributed by atoms with E-state index in [9.17, 15) is 9.90 Å². The Kier molecular flexibility index (Phi) is 8.03. The van der Waals surface area contributed by atoms with Gasteiger partial charge in [0.2, 0.25) is 0 Å². The summed E-state index contributed by atoms with van der Waals surface area (Å²) in [5.41, 5.74) is 2.99. The van der Waals surface area contributed by atoms with E-state index in [1.807, 2.05) is 42.5 Å². The molecule has 3 N–H and O–H groups in total. The van der Waals surface area contributed by atoms with Crippen LogP contribution in [0.25, 0.3) is 21.9 Å². The van der Waals surface area contributed by atoms with Crippen LogP contribution in [0.5, 0.6) is 5.75 Å². The Hall–Kier alpha value is -3.04. The van der Waals surface area contributed by atoms with Gasteiger partial charge in [0, 0.05) is 66.7 Å². The highest BCUT2D eigenvalue weighted by Crippen LogP contribution is 2.31. The Morgan fingerprint density at radius 3 is 2.73 bits per heavy atom. The van der Waals surface area contributed by atoms with Crippen molar-refractivity contribution in [2.24, 2.45) is 0 Å². The molecule has 0 aliphatic carbocycles. The molecule has 9 heteroatoms. The Morgan fingerprint density at radius 2 is 1.93 bits per heavy atom. The Bertz CT molecular complexity index is 1470. The first kappa shape index (κ1) is 27.1. The zero-order chi connectivity index (χ0) is 27.6. The van der Waals surface area contributed by atoms with Gasteiger partial charge >= 0.3 is 0 Å². The number of rotatable bonds is 8. The number of ether oxygens (including phenoxy) is 1. The molecule has 40 heavy (non-hydrogen) atoms. The molecular weight excluding hydrogens is 528 g/mol. The molecule has 0 radical (unpaired) electrons. The number of aromatic amines is 1. The quantitative estimate of drug-likeness (QED) is 0.273. The molecule has 212 valence electrons. The number of benzene rings is 2. The SMILES string of the molecule is C[C@@H](CN1CCC(NC(=O)c2cc3c(OCc4coc5cccc(Cl)c45)cccc3[nH]2)CC1)N1CCC(O)CC1. The summed E-state index contributed by atoms with van der Waals surface area (Å²) in [6, 6.07) is 13.9. The molecule has 2 saturated heterocycles. The minimum atomic E-state index is -0.137. The van der Waals surface area contributed by atoms with Crippen molar-refractivity contribution in [3.63, 3.8) is 0 Å². The lowest BCUT2D eigenvalue weighted by molar-refractivity contribution is 0.0497. The third-order valence-corrected chi connectivity index (χ3v) is 8.76. The molecule has 6 rings (SSSR count). The summed E-state index contributed by atoms with van der Waals surface area (Å²) >= 11 is 6.39. The molecule has 2 aliphatic rings. The third-order valence-electron chi connectivity index (χ3n) is 8.44. The lowest BCUT2D eigenvalue weighted by Gasteiger charge is -2.39. The minimum Gasteiger partial charge on any atom is -0.488 e. The number of likely N-dealkylation sites (tertiary alicyclic amines) is 2. The summed E-state index contributed by atoms with van der Waals surface area (Å²) in [5.74, 6) is 0.605. The van der Waals surface area contributed by atoms with E-state index in [4.69, 9.17) is 20.8 Å². The van der Waals surface area contributed by atoms with Crippen molar-refractivity contribution in [1.29, 1.82) is 0 Å². The second-order valence-electron chi connectivity index (χ2n) is 11.2. The van der Waals surface area contributed by atoms with Gasteiger partial charge in [-0.3, -0.25) is 9.69 Å². The number of hydrogen-bond donors (Lipinski definition) is 3. The number of nitrogens with one attached hydrogen (secondary N) is 2. The highest BCUT2D eigenvalue weighted by atomic mass is 35.5. The minimum absolute atomic E-state index is 0.0894. The first-order valence-corrected chi connectivity index (χ1v) is 14.7. The Labute approximate surface area is 239 Å². The van der Waals surface area contributed by atoms with E-state index in [-0.39, 0.29) is 18.1 Å². The summed E-state index contributed by atoms with van der Waals surface area (Å²) in [4.78, 5) is 21.4. The number of aromatic nitrogens is 1. The molecule has 2 aromatic carbocycles. The van der Waals surface area contributed by atoms with E-state index in [1.54, 1.807) is 6.26 Å². The first-order valence-electron chi connectivity index (χ1n) is 14.3. The van der Waals surface area contributed by atoms with Crippen LogP contribution in [0.15, 0.2) is 53.1 Å². The van der Waals surface area contributed by atoms with E-state index < -0.39 is 0 Å². The van der Waals surface area contributed by atoms with Crippen LogP contribution < -0.4 is 10.1 Å². The molecule has 0 unspecified atom stereocenters. The maximum Gasteiger partial charge on any atom is 0.267 e. The molecule has 0 spiro atoms. The average molecular weight is 565 g/mol. The third kappa shape index (κ3) is 5.86. The number of carbonyl (C=O) groups is 1. The van der Waals surface area contributed by atoms with Gasteiger partial charge in [0.1, 0.15) is 23.6 Å². The predicted molar refractivity (Wildman–Crippen MR) is 157 cm³/mol. The van der Waals surface area contributed by atoms with Crippen molar-refractivity contribution in [2.75, 3.05) is 32.7 Å². The maximum atomic E-state index is 13.2. The van der Waals surface area contributed by atoms with Crippen LogP contribution in [0.2, 0.25) is 5.02 Å². The molecule has 2 fully saturated rings. The number of H-pyrrole nitrogens is 1. The van der Waals surface area contributed by atoms with Crippen molar-refractivity contribution in [1.82, 2.24) is 20.1 Å². The number of furan rings is 1. The van der Waals surface area contributed by atoms with Gasteiger partial charge in [-0.15, -0.1) is 0 Å². The van der Waals surface area contributed by atoms with Crippen LogP contribution in [0.3, 0.4) is 0 Å². The van der Waals surface area contributed by atoms with Gasteiger partial charge in [-0.2, -0.15) is 0 Å². The fraction of sp³-hybridized carbons (Fsp3) is 0.452. The van der Waals surface area contributed by atoms with Crippen LogP contribution in [0.1, 0.15) is 48.7 Å². The second kappa shape index (κ2) is 11.8. The molecular formula is C31H37ClN4O4. The number of piperidine rings is 2. The average Bonchev–Trinajstić information content (AvgIpc) is 3.59. The van der Waals surface area contributed by atoms with Gasteiger partial charge in [-0.05, 0) is 62.9 Å². The zero-order valence-electron chi connectivity index (χ0n) is 22.9. The summed E-state index contributed by atoms with van der Waals surface area (Å²) in [6.07, 6.45) is 5.16. The number of fused-ring (bicyclic) bond motifs is 2. The molecule has 1 atom stereocenters. The number of aliphatic hydroxyl groups excluding tert-OH is 1. The number of amides is 1. The monoisotopic (exact) mass is 564 g/mol. The number of aliphatic hydroxyl groups is 1. The largest absolute Gasteiger partial charge is 0.488 e. The molecule has 4 aromatic rings. The lowest BCUT2D eigenvalue weighted by Crippen LogP contribution is -2.50. The molecule has 0 bridgehead atoms. The van der Waals surface area contributed by atoms with E-state index in [0.717, 1.165) is 85.8 Å². The molecule has 2 aromatic heterocycles. The van der Waals surface area contributed by atoms with E-state index in [0.29, 0.717) is 29.1 Å². The molecule has 8 nitrogen and oxygen atoms in total. The van der Waals surface area contributed by atoms with Crippen molar-refractivity contribution in [2.45, 2.75) is 57.4 Å². The van der Waals surface area contributed by atoms with E-state index >= 15 is 0 Å². The maximum absolute atomic E-state index is 13.2. The Balaban J connectivity index is 1.04. The van der Waals surface area contributed by atoms with Crippen molar-refractivity contribution >= 4 is 39.4 Å². The summed E-state index contributed by atoms with van der Waals surface area (Å²) in [5, 5.41) is 15.4. The van der Waals surface area contributed by atoms with Gasteiger partial charge in [-0.1, -0.05) is 23.7 Å². The van der Waals surface area contributed by atoms with Gasteiger partial charge in [-0.25, -0.2) is 0 Å². The number of halogens is 1. The van der Waals surface area contributed by atoms with E-state index in [2.05, 4.69) is 27.0 Å². The number of nitrogens with zero attached hydrogens (tertiary/aromatic N) is 2. The smallest absolute Gasteiger partial charge is 0.267 e. The van der Waals surface area contributed by atoms with Crippen molar-refractivity contribution in [3.05, 3.63) is 65.0 Å². The number of carbonyl (C=O) groups excluding carboxylic acids is 1. The fourth-order valence-corrected chi connectivity index (χ4v) is 6.37. The standard InChI is InChI=1S/C31H37ClN4O4/c1-20(36-14-10-23(37)11-15-36)17-35-12-8-22(9-13-35)33-31(38)27-16-24-26(34-27)5-3-6-28(24)39-18-21-19-40-29-7-2-4-25(32)30(21)29/h2-7,16,19-20,22-23,34,37H,8-15,17-18H2,1H3,(H,33,38)/t20-/m0/s1. The predicted octanol–water partition coefficient (Wildman–Crippen LogP) is 5.19.